The van der Waals surface area contributed by atoms with Crippen molar-refractivity contribution in [2.24, 2.45) is 11.3 Å². The molecule has 2 nitrogen and oxygen atoms in total. The van der Waals surface area contributed by atoms with Gasteiger partial charge in [-0.2, -0.15) is 0 Å². The van der Waals surface area contributed by atoms with Gasteiger partial charge >= 0.3 is 5.97 Å². The Labute approximate surface area is 129 Å². The minimum Gasteiger partial charge on any atom is -0.462 e. The van der Waals surface area contributed by atoms with Gasteiger partial charge < -0.3 is 4.74 Å². The van der Waals surface area contributed by atoms with E-state index < -0.39 is 30.6 Å². The summed E-state index contributed by atoms with van der Waals surface area (Å²) < 4.78 is 56.4. The molecule has 1 saturated carbocycles. The first-order valence-electron chi connectivity index (χ1n) is 7.93. The number of carbonyl (C=O) groups excluding carboxylic acids is 1. The predicted octanol–water partition coefficient (Wildman–Crippen LogP) is 5.21. The Kier molecular flexibility index (Phi) is 6.68. The van der Waals surface area contributed by atoms with Crippen LogP contribution in [0.3, 0.4) is 0 Å². The van der Waals surface area contributed by atoms with Crippen molar-refractivity contribution in [3.63, 3.8) is 0 Å². The molecule has 0 saturated heterocycles. The smallest absolute Gasteiger partial charge is 0.311 e. The Morgan fingerprint density at radius 3 is 2.18 bits per heavy atom. The lowest BCUT2D eigenvalue weighted by atomic mass is 9.83. The summed E-state index contributed by atoms with van der Waals surface area (Å²) in [6.45, 7) is 5.53. The zero-order chi connectivity index (χ0) is 17.0. The molecule has 22 heavy (non-hydrogen) atoms. The number of hydrogen-bond donors (Lipinski definition) is 0. The van der Waals surface area contributed by atoms with Gasteiger partial charge in [0.15, 0.2) is 0 Å². The number of rotatable bonds is 7. The fraction of sp³-hybridized carbons (Fsp3) is 0.938. The van der Waals surface area contributed by atoms with E-state index in [4.69, 9.17) is 4.74 Å². The van der Waals surface area contributed by atoms with Gasteiger partial charge in [-0.15, -0.1) is 0 Å². The summed E-state index contributed by atoms with van der Waals surface area (Å²) in [5, 5.41) is 0. The normalized spacial score (nSPS) is 23.6. The summed E-state index contributed by atoms with van der Waals surface area (Å²) in [6, 6.07) is 0. The molecule has 1 aliphatic carbocycles. The molecule has 0 spiro atoms. The van der Waals surface area contributed by atoms with Crippen molar-refractivity contribution in [1.29, 1.82) is 0 Å². The highest BCUT2D eigenvalue weighted by Gasteiger charge is 2.38. The Balaban J connectivity index is 2.39. The molecule has 0 aromatic heterocycles. The summed E-state index contributed by atoms with van der Waals surface area (Å²) in [4.78, 5) is 12.0. The number of esters is 1. The number of halogens is 4. The number of hydrogen-bond acceptors (Lipinski definition) is 2. The van der Waals surface area contributed by atoms with Gasteiger partial charge in [0, 0.05) is 6.42 Å². The maximum atomic E-state index is 13.4. The van der Waals surface area contributed by atoms with Crippen LogP contribution in [0.4, 0.5) is 17.6 Å². The first-order valence-corrected chi connectivity index (χ1v) is 7.93. The SMILES string of the molecule is CCC(C)(C)C(=O)OC1CCC(CC(F)(F)CC(F)F)CC1. The zero-order valence-corrected chi connectivity index (χ0v) is 13.5. The van der Waals surface area contributed by atoms with E-state index in [1.807, 2.05) is 20.8 Å². The standard InChI is InChI=1S/C16H26F4O2/c1-4-15(2,3)14(21)22-12-7-5-11(6-8-12)9-16(19,20)10-13(17)18/h11-13H,4-10H2,1-3H3. The van der Waals surface area contributed by atoms with Gasteiger partial charge in [-0.3, -0.25) is 4.79 Å². The van der Waals surface area contributed by atoms with Crippen LogP contribution in [0.25, 0.3) is 0 Å². The first kappa shape index (κ1) is 19.2. The van der Waals surface area contributed by atoms with Gasteiger partial charge in [0.2, 0.25) is 6.43 Å². The minimum absolute atomic E-state index is 0.238. The van der Waals surface area contributed by atoms with Crippen LogP contribution in [0.5, 0.6) is 0 Å². The Morgan fingerprint density at radius 2 is 1.73 bits per heavy atom. The molecule has 0 N–H and O–H groups in total. The van der Waals surface area contributed by atoms with Crippen molar-refractivity contribution < 1.29 is 27.1 Å². The molecule has 0 heterocycles. The Morgan fingerprint density at radius 1 is 1.18 bits per heavy atom. The van der Waals surface area contributed by atoms with E-state index in [9.17, 15) is 22.4 Å². The summed E-state index contributed by atoms with van der Waals surface area (Å²) >= 11 is 0. The van der Waals surface area contributed by atoms with Gasteiger partial charge in [-0.1, -0.05) is 6.92 Å². The molecule has 1 aliphatic rings. The molecular formula is C16H26F4O2. The van der Waals surface area contributed by atoms with Crippen molar-refractivity contribution in [2.45, 2.75) is 84.2 Å². The van der Waals surface area contributed by atoms with E-state index >= 15 is 0 Å². The number of alkyl halides is 4. The average Bonchev–Trinajstić information content (AvgIpc) is 2.39. The van der Waals surface area contributed by atoms with Crippen molar-refractivity contribution in [2.75, 3.05) is 0 Å². The molecule has 130 valence electrons. The Hall–Kier alpha value is -0.810. The largest absolute Gasteiger partial charge is 0.462 e. The van der Waals surface area contributed by atoms with Crippen molar-refractivity contribution in [1.82, 2.24) is 0 Å². The van der Waals surface area contributed by atoms with Gasteiger partial charge in [0.05, 0.1) is 11.8 Å². The van der Waals surface area contributed by atoms with Gasteiger partial charge in [-0.25, -0.2) is 17.6 Å². The maximum absolute atomic E-state index is 13.4. The highest BCUT2D eigenvalue weighted by molar-refractivity contribution is 5.75. The van der Waals surface area contributed by atoms with Gasteiger partial charge in [0.1, 0.15) is 6.10 Å². The monoisotopic (exact) mass is 326 g/mol. The second kappa shape index (κ2) is 7.64. The second-order valence-electron chi connectivity index (χ2n) is 6.94. The third kappa shape index (κ3) is 6.13. The van der Waals surface area contributed by atoms with Crippen LogP contribution in [0.2, 0.25) is 0 Å². The summed E-state index contributed by atoms with van der Waals surface area (Å²) in [5.74, 6) is -3.85. The molecule has 0 bridgehead atoms. The molecule has 0 aromatic carbocycles. The van der Waals surface area contributed by atoms with E-state index in [0.29, 0.717) is 32.1 Å². The van der Waals surface area contributed by atoms with Crippen LogP contribution in [-0.2, 0) is 9.53 Å². The van der Waals surface area contributed by atoms with Gasteiger partial charge in [-0.05, 0) is 51.9 Å². The summed E-state index contributed by atoms with van der Waals surface area (Å²) in [6.07, 6.45) is -2.39. The molecule has 1 fully saturated rings. The van der Waals surface area contributed by atoms with Crippen LogP contribution in [0.1, 0.15) is 65.7 Å². The zero-order valence-electron chi connectivity index (χ0n) is 13.5. The average molecular weight is 326 g/mol. The first-order chi connectivity index (χ1) is 10.1. The number of carbonyl (C=O) groups is 1. The van der Waals surface area contributed by atoms with E-state index in [1.54, 1.807) is 0 Å². The van der Waals surface area contributed by atoms with Crippen molar-refractivity contribution >= 4 is 5.97 Å². The Bertz CT molecular complexity index is 361. The van der Waals surface area contributed by atoms with Crippen LogP contribution >= 0.6 is 0 Å². The van der Waals surface area contributed by atoms with Crippen molar-refractivity contribution in [3.05, 3.63) is 0 Å². The van der Waals surface area contributed by atoms with Crippen LogP contribution in [0.15, 0.2) is 0 Å². The maximum Gasteiger partial charge on any atom is 0.311 e. The lowest BCUT2D eigenvalue weighted by Crippen LogP contribution is -2.33. The highest BCUT2D eigenvalue weighted by atomic mass is 19.3. The number of ether oxygens (including phenoxy) is 1. The molecule has 0 aliphatic heterocycles. The van der Waals surface area contributed by atoms with Crippen LogP contribution < -0.4 is 0 Å². The lowest BCUT2D eigenvalue weighted by Gasteiger charge is -2.32. The lowest BCUT2D eigenvalue weighted by molar-refractivity contribution is -0.162. The third-order valence-electron chi connectivity index (χ3n) is 4.54. The van der Waals surface area contributed by atoms with E-state index in [2.05, 4.69) is 0 Å². The van der Waals surface area contributed by atoms with Crippen LogP contribution in [0, 0.1) is 11.3 Å². The summed E-state index contributed by atoms with van der Waals surface area (Å²) in [7, 11) is 0. The highest BCUT2D eigenvalue weighted by Crippen LogP contribution is 2.37. The molecule has 0 radical (unpaired) electrons. The molecule has 6 heteroatoms. The van der Waals surface area contributed by atoms with E-state index in [0.717, 1.165) is 0 Å². The topological polar surface area (TPSA) is 26.3 Å². The minimum atomic E-state index is -3.31. The molecule has 0 amide bonds. The van der Waals surface area contributed by atoms with E-state index in [1.165, 1.54) is 0 Å². The fourth-order valence-corrected chi connectivity index (χ4v) is 2.64. The third-order valence-corrected chi connectivity index (χ3v) is 4.54. The molecular weight excluding hydrogens is 300 g/mol. The van der Waals surface area contributed by atoms with E-state index in [-0.39, 0.29) is 18.0 Å². The molecule has 0 atom stereocenters. The predicted molar refractivity (Wildman–Crippen MR) is 76.1 cm³/mol. The molecule has 0 aromatic rings. The van der Waals surface area contributed by atoms with Gasteiger partial charge in [0.25, 0.3) is 5.92 Å². The van der Waals surface area contributed by atoms with Crippen LogP contribution in [-0.4, -0.2) is 24.4 Å². The second-order valence-corrected chi connectivity index (χ2v) is 6.94. The molecule has 0 unspecified atom stereocenters. The molecule has 1 rings (SSSR count). The van der Waals surface area contributed by atoms with Crippen molar-refractivity contribution in [3.8, 4) is 0 Å². The fourth-order valence-electron chi connectivity index (χ4n) is 2.64. The quantitative estimate of drug-likeness (QED) is 0.474. The summed E-state index contributed by atoms with van der Waals surface area (Å²) in [5.41, 5.74) is -0.541.